The molecule has 3 rings (SSSR count). The fourth-order valence-corrected chi connectivity index (χ4v) is 2.11. The van der Waals surface area contributed by atoms with Crippen molar-refractivity contribution in [1.29, 1.82) is 0 Å². The Bertz CT molecular complexity index is 881. The van der Waals surface area contributed by atoms with Crippen molar-refractivity contribution in [1.82, 2.24) is 0 Å². The molecular weight excluding hydrogens is 282 g/mol. The number of nitrogens with one attached hydrogen (secondary N) is 1. The Morgan fingerprint density at radius 2 is 1.86 bits per heavy atom. The molecular formula is C17H13NO4. The molecule has 110 valence electrons. The lowest BCUT2D eigenvalue weighted by Gasteiger charge is -2.07. The first-order chi connectivity index (χ1) is 10.7. The van der Waals surface area contributed by atoms with Crippen LogP contribution < -0.4 is 15.5 Å². The van der Waals surface area contributed by atoms with Crippen molar-refractivity contribution in [2.45, 2.75) is 0 Å². The van der Waals surface area contributed by atoms with Gasteiger partial charge in [-0.25, -0.2) is 0 Å². The Balaban J connectivity index is 1.87. The molecule has 3 aromatic rings. The smallest absolute Gasteiger partial charge is 0.255 e. The third-order valence-electron chi connectivity index (χ3n) is 3.27. The van der Waals surface area contributed by atoms with Gasteiger partial charge in [0, 0.05) is 17.3 Å². The summed E-state index contributed by atoms with van der Waals surface area (Å²) in [6.07, 6.45) is 1.35. The summed E-state index contributed by atoms with van der Waals surface area (Å²) in [7, 11) is 1.57. The third kappa shape index (κ3) is 2.69. The van der Waals surface area contributed by atoms with Crippen molar-refractivity contribution in [3.05, 3.63) is 70.6 Å². The molecule has 0 saturated carbocycles. The molecule has 0 aliphatic carbocycles. The van der Waals surface area contributed by atoms with E-state index in [-0.39, 0.29) is 11.3 Å². The second kappa shape index (κ2) is 5.73. The van der Waals surface area contributed by atoms with Gasteiger partial charge in [0.15, 0.2) is 5.43 Å². The van der Waals surface area contributed by atoms with Crippen molar-refractivity contribution < 1.29 is 13.9 Å². The molecule has 1 N–H and O–H groups in total. The van der Waals surface area contributed by atoms with Crippen molar-refractivity contribution in [2.75, 3.05) is 12.4 Å². The van der Waals surface area contributed by atoms with E-state index in [1.807, 2.05) is 0 Å². The number of carbonyl (C=O) groups excluding carboxylic acids is 1. The van der Waals surface area contributed by atoms with Crippen LogP contribution >= 0.6 is 0 Å². The Kier molecular flexibility index (Phi) is 3.62. The lowest BCUT2D eigenvalue weighted by atomic mass is 10.1. The van der Waals surface area contributed by atoms with E-state index in [0.29, 0.717) is 28.0 Å². The highest BCUT2D eigenvalue weighted by Crippen LogP contribution is 2.18. The van der Waals surface area contributed by atoms with Crippen LogP contribution in [0.5, 0.6) is 5.75 Å². The predicted octanol–water partition coefficient (Wildman–Crippen LogP) is 3.05. The highest BCUT2D eigenvalue weighted by molar-refractivity contribution is 6.05. The first-order valence-corrected chi connectivity index (χ1v) is 6.64. The van der Waals surface area contributed by atoms with E-state index >= 15 is 0 Å². The van der Waals surface area contributed by atoms with Gasteiger partial charge in [-0.1, -0.05) is 0 Å². The van der Waals surface area contributed by atoms with Gasteiger partial charge in [-0.05, 0) is 42.5 Å². The van der Waals surface area contributed by atoms with Gasteiger partial charge in [0.05, 0.1) is 18.8 Å². The number of methoxy groups -OCH3 is 1. The number of amides is 1. The van der Waals surface area contributed by atoms with E-state index in [4.69, 9.17) is 9.15 Å². The molecule has 0 saturated heterocycles. The van der Waals surface area contributed by atoms with Crippen LogP contribution in [0, 0.1) is 0 Å². The maximum Gasteiger partial charge on any atom is 0.255 e. The molecule has 0 fully saturated rings. The summed E-state index contributed by atoms with van der Waals surface area (Å²) < 4.78 is 10.3. The minimum atomic E-state index is -0.262. The van der Waals surface area contributed by atoms with Crippen LogP contribution in [-0.4, -0.2) is 13.0 Å². The van der Waals surface area contributed by atoms with E-state index in [1.54, 1.807) is 49.6 Å². The van der Waals surface area contributed by atoms with Gasteiger partial charge in [-0.15, -0.1) is 0 Å². The van der Waals surface area contributed by atoms with Gasteiger partial charge in [0.2, 0.25) is 0 Å². The van der Waals surface area contributed by atoms with E-state index in [0.717, 1.165) is 0 Å². The molecule has 0 aliphatic rings. The minimum absolute atomic E-state index is 0.151. The van der Waals surface area contributed by atoms with Gasteiger partial charge in [0.1, 0.15) is 11.3 Å². The number of hydrogen-bond donors (Lipinski definition) is 1. The number of fused-ring (bicyclic) bond motifs is 1. The minimum Gasteiger partial charge on any atom is -0.497 e. The van der Waals surface area contributed by atoms with Crippen LogP contribution in [0.3, 0.4) is 0 Å². The lowest BCUT2D eigenvalue weighted by molar-refractivity contribution is 0.102. The molecule has 5 nitrogen and oxygen atoms in total. The number of anilines is 1. The zero-order chi connectivity index (χ0) is 15.5. The van der Waals surface area contributed by atoms with Gasteiger partial charge >= 0.3 is 0 Å². The Hall–Kier alpha value is -3.08. The van der Waals surface area contributed by atoms with Crippen LogP contribution in [-0.2, 0) is 0 Å². The predicted molar refractivity (Wildman–Crippen MR) is 83.4 cm³/mol. The normalized spacial score (nSPS) is 10.4. The fraction of sp³-hybridized carbons (Fsp3) is 0.0588. The zero-order valence-electron chi connectivity index (χ0n) is 11.8. The summed E-state index contributed by atoms with van der Waals surface area (Å²) in [5.74, 6) is 0.419. The van der Waals surface area contributed by atoms with E-state index in [9.17, 15) is 9.59 Å². The summed E-state index contributed by atoms with van der Waals surface area (Å²) in [6.45, 7) is 0. The second-order valence-electron chi connectivity index (χ2n) is 4.68. The molecule has 1 heterocycles. The van der Waals surface area contributed by atoms with E-state index in [1.165, 1.54) is 12.3 Å². The molecule has 0 unspecified atom stereocenters. The van der Waals surface area contributed by atoms with Gasteiger partial charge in [-0.2, -0.15) is 0 Å². The summed E-state index contributed by atoms with van der Waals surface area (Å²) >= 11 is 0. The molecule has 0 spiro atoms. The van der Waals surface area contributed by atoms with Crippen LogP contribution in [0.2, 0.25) is 0 Å². The average Bonchev–Trinajstić information content (AvgIpc) is 2.55. The first kappa shape index (κ1) is 13.9. The number of carbonyl (C=O) groups is 1. The summed E-state index contributed by atoms with van der Waals surface area (Å²) in [4.78, 5) is 24.0. The maximum absolute atomic E-state index is 12.2. The average molecular weight is 295 g/mol. The van der Waals surface area contributed by atoms with Crippen LogP contribution in [0.15, 0.2) is 64.0 Å². The molecule has 0 aliphatic heterocycles. The van der Waals surface area contributed by atoms with Crippen LogP contribution in [0.1, 0.15) is 10.4 Å². The molecule has 0 bridgehead atoms. The van der Waals surface area contributed by atoms with Crippen LogP contribution in [0.25, 0.3) is 11.0 Å². The number of rotatable bonds is 3. The SMILES string of the molecule is COc1ccc(C(=O)Nc2ccc3occc(=O)c3c2)cc1. The van der Waals surface area contributed by atoms with Crippen molar-refractivity contribution in [2.24, 2.45) is 0 Å². The highest BCUT2D eigenvalue weighted by atomic mass is 16.5. The standard InChI is InChI=1S/C17H13NO4/c1-21-13-5-2-11(3-6-13)17(20)18-12-4-7-16-14(10-12)15(19)8-9-22-16/h2-10H,1H3,(H,18,20). The Morgan fingerprint density at radius 1 is 1.09 bits per heavy atom. The maximum atomic E-state index is 12.2. The molecule has 1 amide bonds. The first-order valence-electron chi connectivity index (χ1n) is 6.64. The van der Waals surface area contributed by atoms with Gasteiger partial charge in [0.25, 0.3) is 5.91 Å². The molecule has 1 aromatic heterocycles. The second-order valence-corrected chi connectivity index (χ2v) is 4.68. The molecule has 22 heavy (non-hydrogen) atoms. The number of benzene rings is 2. The van der Waals surface area contributed by atoms with Crippen LogP contribution in [0.4, 0.5) is 5.69 Å². The Labute approximate surface area is 126 Å². The molecule has 5 heteroatoms. The van der Waals surface area contributed by atoms with Crippen molar-refractivity contribution in [3.63, 3.8) is 0 Å². The van der Waals surface area contributed by atoms with Gasteiger partial charge < -0.3 is 14.5 Å². The Morgan fingerprint density at radius 3 is 2.59 bits per heavy atom. The largest absolute Gasteiger partial charge is 0.497 e. The van der Waals surface area contributed by atoms with Crippen molar-refractivity contribution >= 4 is 22.6 Å². The number of hydrogen-bond acceptors (Lipinski definition) is 4. The summed E-state index contributed by atoms with van der Waals surface area (Å²) in [5, 5.41) is 3.18. The van der Waals surface area contributed by atoms with E-state index in [2.05, 4.69) is 5.32 Å². The fourth-order valence-electron chi connectivity index (χ4n) is 2.11. The topological polar surface area (TPSA) is 68.5 Å². The zero-order valence-corrected chi connectivity index (χ0v) is 11.8. The highest BCUT2D eigenvalue weighted by Gasteiger charge is 2.08. The quantitative estimate of drug-likeness (QED) is 0.806. The molecule has 0 radical (unpaired) electrons. The van der Waals surface area contributed by atoms with Crippen molar-refractivity contribution in [3.8, 4) is 5.75 Å². The summed E-state index contributed by atoms with van der Waals surface area (Å²) in [6, 6.07) is 13.0. The molecule has 0 atom stereocenters. The van der Waals surface area contributed by atoms with Gasteiger partial charge in [-0.3, -0.25) is 9.59 Å². The summed E-state index contributed by atoms with van der Waals surface area (Å²) in [5.41, 5.74) is 1.37. The van der Waals surface area contributed by atoms with E-state index < -0.39 is 0 Å². The monoisotopic (exact) mass is 295 g/mol. The third-order valence-corrected chi connectivity index (χ3v) is 3.27. The lowest BCUT2D eigenvalue weighted by Crippen LogP contribution is -2.12. The molecule has 2 aromatic carbocycles. The number of ether oxygens (including phenoxy) is 1.